The number of Topliss-reactive ketones (excluding diaryl/α,β-unsaturated/α-hetero) is 2. The lowest BCUT2D eigenvalue weighted by Crippen LogP contribution is -2.29. The summed E-state index contributed by atoms with van der Waals surface area (Å²) < 4.78 is 5.86. The molecule has 2 saturated heterocycles. The largest absolute Gasteiger partial charge is 0.373 e. The molecular formula is C23H22O3. The topological polar surface area (TPSA) is 43.4 Å². The van der Waals surface area contributed by atoms with Gasteiger partial charge in [-0.15, -0.1) is 0 Å². The molecule has 1 saturated carbocycles. The van der Waals surface area contributed by atoms with E-state index in [0.717, 1.165) is 40.7 Å². The van der Waals surface area contributed by atoms with Gasteiger partial charge in [-0.25, -0.2) is 0 Å². The summed E-state index contributed by atoms with van der Waals surface area (Å²) in [5.74, 6) is -0.837. The van der Waals surface area contributed by atoms with Crippen LogP contribution in [0.1, 0.15) is 35.4 Å². The van der Waals surface area contributed by atoms with Crippen molar-refractivity contribution in [2.45, 2.75) is 44.8 Å². The van der Waals surface area contributed by atoms with Gasteiger partial charge in [-0.3, -0.25) is 9.59 Å². The van der Waals surface area contributed by atoms with Crippen molar-refractivity contribution >= 4 is 11.6 Å². The second-order valence-electron chi connectivity index (χ2n) is 7.97. The average Bonchev–Trinajstić information content (AvgIpc) is 3.31. The van der Waals surface area contributed by atoms with Crippen LogP contribution in [0.5, 0.6) is 0 Å². The lowest BCUT2D eigenvalue weighted by Gasteiger charge is -2.18. The molecule has 1 unspecified atom stereocenters. The Morgan fingerprint density at radius 3 is 1.88 bits per heavy atom. The number of hydrogen-bond acceptors (Lipinski definition) is 3. The first kappa shape index (κ1) is 16.0. The molecular weight excluding hydrogens is 324 g/mol. The van der Waals surface area contributed by atoms with E-state index in [0.29, 0.717) is 0 Å². The van der Waals surface area contributed by atoms with Gasteiger partial charge in [-0.2, -0.15) is 0 Å². The highest BCUT2D eigenvalue weighted by Gasteiger charge is 2.63. The number of rotatable bonds is 2. The molecule has 2 aliphatic heterocycles. The quantitative estimate of drug-likeness (QED) is 0.772. The van der Waals surface area contributed by atoms with Gasteiger partial charge in [-0.05, 0) is 54.5 Å². The Bertz CT molecular complexity index is 863. The van der Waals surface area contributed by atoms with Gasteiger partial charge in [-0.1, -0.05) is 42.5 Å². The van der Waals surface area contributed by atoms with Crippen LogP contribution in [0.4, 0.5) is 0 Å². The van der Waals surface area contributed by atoms with E-state index in [1.165, 1.54) is 0 Å². The summed E-state index contributed by atoms with van der Waals surface area (Å²) in [6.45, 7) is 4.04. The molecule has 0 aromatic heterocycles. The molecule has 2 aromatic carbocycles. The van der Waals surface area contributed by atoms with Crippen molar-refractivity contribution in [3.8, 4) is 11.1 Å². The first-order valence-electron chi connectivity index (χ1n) is 9.45. The van der Waals surface area contributed by atoms with Crippen LogP contribution in [-0.2, 0) is 14.3 Å². The number of fused-ring (bicyclic) bond motifs is 5. The van der Waals surface area contributed by atoms with E-state index in [-0.39, 0.29) is 35.6 Å². The van der Waals surface area contributed by atoms with Crippen LogP contribution in [0.25, 0.3) is 11.1 Å². The Hall–Kier alpha value is -2.26. The Balaban J connectivity index is 1.57. The number of ether oxygens (including phenoxy) is 1. The van der Waals surface area contributed by atoms with Crippen LogP contribution in [0.2, 0.25) is 0 Å². The highest BCUT2D eigenvalue weighted by molar-refractivity contribution is 6.17. The minimum atomic E-state index is -0.596. The first-order valence-corrected chi connectivity index (χ1v) is 9.45. The van der Waals surface area contributed by atoms with E-state index in [1.807, 2.05) is 32.0 Å². The molecule has 3 fully saturated rings. The Labute approximate surface area is 153 Å². The van der Waals surface area contributed by atoms with Crippen molar-refractivity contribution in [2.24, 2.45) is 11.8 Å². The van der Waals surface area contributed by atoms with Crippen LogP contribution in [0.3, 0.4) is 0 Å². The maximum absolute atomic E-state index is 13.1. The molecule has 0 amide bonds. The molecule has 2 heterocycles. The number of benzene rings is 2. The van der Waals surface area contributed by atoms with Crippen LogP contribution < -0.4 is 0 Å². The molecule has 3 aliphatic rings. The maximum Gasteiger partial charge on any atom is 0.154 e. The van der Waals surface area contributed by atoms with Gasteiger partial charge >= 0.3 is 0 Å². The summed E-state index contributed by atoms with van der Waals surface area (Å²) in [6.07, 6.45) is 1.77. The third-order valence-electron chi connectivity index (χ3n) is 6.49. The first-order chi connectivity index (χ1) is 12.6. The third kappa shape index (κ3) is 2.10. The highest BCUT2D eigenvalue weighted by atomic mass is 16.5. The fraction of sp³-hybridized carbons (Fsp3) is 0.391. The van der Waals surface area contributed by atoms with Gasteiger partial charge in [0.15, 0.2) is 11.6 Å². The van der Waals surface area contributed by atoms with Gasteiger partial charge in [0.2, 0.25) is 0 Å². The minimum absolute atomic E-state index is 0.0318. The highest BCUT2D eigenvalue weighted by Crippen LogP contribution is 2.53. The summed E-state index contributed by atoms with van der Waals surface area (Å²) in [7, 11) is 0. The number of carbonyl (C=O) groups excluding carboxylic acids is 2. The molecule has 0 spiro atoms. The number of ketones is 2. The van der Waals surface area contributed by atoms with Gasteiger partial charge < -0.3 is 4.74 Å². The average molecular weight is 346 g/mol. The molecule has 3 heteroatoms. The van der Waals surface area contributed by atoms with Crippen LogP contribution in [0, 0.1) is 25.7 Å². The van der Waals surface area contributed by atoms with Crippen molar-refractivity contribution in [1.29, 1.82) is 0 Å². The Kier molecular flexibility index (Phi) is 3.45. The van der Waals surface area contributed by atoms with E-state index >= 15 is 0 Å². The third-order valence-corrected chi connectivity index (χ3v) is 6.49. The lowest BCUT2D eigenvalue weighted by molar-refractivity contribution is -0.127. The molecule has 26 heavy (non-hydrogen) atoms. The standard InChI is InChI=1S/C23H22O3/c1-12-10-15(14-6-4-3-5-7-14)11-13(2)18(12)21-22(24)19-16-8-9-17(26-16)20(19)23(21)25/h3-7,10-11,16-17,19-21H,8-9H2,1-2H3/t16-,17-,19-,20+,21?/m1/s1. The lowest BCUT2D eigenvalue weighted by atomic mass is 9.81. The summed E-state index contributed by atoms with van der Waals surface area (Å²) in [5, 5.41) is 0. The molecule has 1 aliphatic carbocycles. The molecule has 3 nitrogen and oxygen atoms in total. The van der Waals surface area contributed by atoms with E-state index in [4.69, 9.17) is 4.74 Å². The molecule has 132 valence electrons. The molecule has 2 aromatic rings. The molecule has 0 radical (unpaired) electrons. The van der Waals surface area contributed by atoms with Crippen molar-refractivity contribution in [1.82, 2.24) is 0 Å². The van der Waals surface area contributed by atoms with Crippen LogP contribution >= 0.6 is 0 Å². The van der Waals surface area contributed by atoms with Gasteiger partial charge in [0.05, 0.1) is 24.0 Å². The fourth-order valence-corrected chi connectivity index (χ4v) is 5.44. The SMILES string of the molecule is Cc1cc(-c2ccccc2)cc(C)c1C1C(=O)[C@@H]2[C@H](C1=O)[C@H]1CC[C@H]2O1. The van der Waals surface area contributed by atoms with E-state index in [9.17, 15) is 9.59 Å². The van der Waals surface area contributed by atoms with Crippen molar-refractivity contribution in [3.05, 3.63) is 59.2 Å². The van der Waals surface area contributed by atoms with E-state index in [1.54, 1.807) is 0 Å². The van der Waals surface area contributed by atoms with Crippen LogP contribution in [-0.4, -0.2) is 23.8 Å². The summed E-state index contributed by atoms with van der Waals surface area (Å²) >= 11 is 0. The summed E-state index contributed by atoms with van der Waals surface area (Å²) in [5.41, 5.74) is 5.27. The van der Waals surface area contributed by atoms with Crippen molar-refractivity contribution in [3.63, 3.8) is 0 Å². The molecule has 2 bridgehead atoms. The maximum atomic E-state index is 13.1. The predicted octanol–water partition coefficient (Wildman–Crippen LogP) is 4.00. The van der Waals surface area contributed by atoms with Gasteiger partial charge in [0.25, 0.3) is 0 Å². The zero-order valence-corrected chi connectivity index (χ0v) is 15.1. The second kappa shape index (κ2) is 5.62. The molecule has 0 N–H and O–H groups in total. The van der Waals surface area contributed by atoms with E-state index < -0.39 is 5.92 Å². The fourth-order valence-electron chi connectivity index (χ4n) is 5.44. The monoisotopic (exact) mass is 346 g/mol. The Morgan fingerprint density at radius 1 is 0.808 bits per heavy atom. The normalized spacial score (nSPS) is 32.3. The molecule has 5 rings (SSSR count). The van der Waals surface area contributed by atoms with Crippen LogP contribution in [0.15, 0.2) is 42.5 Å². The van der Waals surface area contributed by atoms with Crippen molar-refractivity contribution < 1.29 is 14.3 Å². The minimum Gasteiger partial charge on any atom is -0.373 e. The van der Waals surface area contributed by atoms with Gasteiger partial charge in [0, 0.05) is 0 Å². The summed E-state index contributed by atoms with van der Waals surface area (Å²) in [4.78, 5) is 26.3. The number of carbonyl (C=O) groups is 2. The van der Waals surface area contributed by atoms with E-state index in [2.05, 4.69) is 24.3 Å². The number of hydrogen-bond donors (Lipinski definition) is 0. The zero-order chi connectivity index (χ0) is 18.0. The smallest absolute Gasteiger partial charge is 0.154 e. The second-order valence-corrected chi connectivity index (χ2v) is 7.97. The molecule has 5 atom stereocenters. The van der Waals surface area contributed by atoms with Gasteiger partial charge in [0.1, 0.15) is 5.92 Å². The van der Waals surface area contributed by atoms with Crippen molar-refractivity contribution in [2.75, 3.05) is 0 Å². The zero-order valence-electron chi connectivity index (χ0n) is 15.1. The predicted molar refractivity (Wildman–Crippen MR) is 99.0 cm³/mol. The number of aryl methyl sites for hydroxylation is 2. The summed E-state index contributed by atoms with van der Waals surface area (Å²) in [6, 6.07) is 14.4. The Morgan fingerprint density at radius 2 is 1.35 bits per heavy atom.